The Kier molecular flexibility index (Phi) is 6.95. The fraction of sp³-hybridized carbons (Fsp3) is 0.714. The van der Waals surface area contributed by atoms with Crippen molar-refractivity contribution >= 4 is 17.3 Å². The number of aliphatic imine (C=N–C) groups is 1. The number of nitrogens with zero attached hydrogens (tertiary/aromatic N) is 2. The zero-order valence-corrected chi connectivity index (χ0v) is 14.0. The lowest BCUT2D eigenvalue weighted by Crippen LogP contribution is -2.44. The molecule has 0 aliphatic heterocycles. The molecule has 0 bridgehead atoms. The molecule has 3 N–H and O–H groups in total. The fourth-order valence-corrected chi connectivity index (χ4v) is 2.32. The second-order valence-corrected chi connectivity index (χ2v) is 6.77. The van der Waals surface area contributed by atoms with Gasteiger partial charge in [-0.3, -0.25) is 4.99 Å². The van der Waals surface area contributed by atoms with E-state index in [1.807, 2.05) is 6.92 Å². The third kappa shape index (κ3) is 7.45. The molecule has 6 heteroatoms. The van der Waals surface area contributed by atoms with E-state index < -0.39 is 0 Å². The van der Waals surface area contributed by atoms with Gasteiger partial charge in [-0.15, -0.1) is 11.3 Å². The number of aryl methyl sites for hydroxylation is 1. The quantitative estimate of drug-likeness (QED) is 0.423. The van der Waals surface area contributed by atoms with Crippen LogP contribution in [0.4, 0.5) is 0 Å². The van der Waals surface area contributed by atoms with Crippen LogP contribution in [-0.2, 0) is 6.42 Å². The number of nitrogens with one attached hydrogen (secondary N) is 3. The van der Waals surface area contributed by atoms with Crippen LogP contribution in [0.1, 0.15) is 31.5 Å². The maximum Gasteiger partial charge on any atom is 0.191 e. The van der Waals surface area contributed by atoms with Crippen LogP contribution in [0, 0.1) is 6.92 Å². The van der Waals surface area contributed by atoms with E-state index in [9.17, 15) is 0 Å². The Hall–Kier alpha value is -1.14. The van der Waals surface area contributed by atoms with Crippen molar-refractivity contribution in [2.75, 3.05) is 26.7 Å². The topological polar surface area (TPSA) is 61.3 Å². The second kappa shape index (κ2) is 8.21. The van der Waals surface area contributed by atoms with Crippen molar-refractivity contribution in [3.63, 3.8) is 0 Å². The van der Waals surface area contributed by atoms with Crippen molar-refractivity contribution in [2.45, 2.75) is 39.7 Å². The van der Waals surface area contributed by atoms with Gasteiger partial charge in [-0.2, -0.15) is 0 Å². The van der Waals surface area contributed by atoms with Crippen molar-refractivity contribution in [1.82, 2.24) is 20.9 Å². The normalized spacial score (nSPS) is 12.6. The van der Waals surface area contributed by atoms with Crippen LogP contribution in [0.15, 0.2) is 10.4 Å². The van der Waals surface area contributed by atoms with Crippen LogP contribution in [0.5, 0.6) is 0 Å². The van der Waals surface area contributed by atoms with Gasteiger partial charge in [-0.25, -0.2) is 4.98 Å². The minimum atomic E-state index is 0.154. The molecular weight excluding hydrogens is 270 g/mol. The summed E-state index contributed by atoms with van der Waals surface area (Å²) in [5.74, 6) is 0.840. The van der Waals surface area contributed by atoms with Gasteiger partial charge in [-0.1, -0.05) is 0 Å². The molecule has 5 nitrogen and oxygen atoms in total. The summed E-state index contributed by atoms with van der Waals surface area (Å²) in [5, 5.41) is 13.3. The number of thiazole rings is 1. The zero-order chi connectivity index (χ0) is 15.0. The molecule has 1 aromatic heterocycles. The van der Waals surface area contributed by atoms with Crippen LogP contribution >= 0.6 is 11.3 Å². The maximum atomic E-state index is 4.44. The van der Waals surface area contributed by atoms with Gasteiger partial charge in [0.2, 0.25) is 0 Å². The third-order valence-corrected chi connectivity index (χ3v) is 3.46. The molecule has 0 aliphatic carbocycles. The largest absolute Gasteiger partial charge is 0.356 e. The first-order chi connectivity index (χ1) is 9.40. The van der Waals surface area contributed by atoms with Crippen LogP contribution < -0.4 is 16.0 Å². The Morgan fingerprint density at radius 2 is 1.95 bits per heavy atom. The SMILES string of the molecule is CN=C(NCCNC(C)(C)C)NCCc1csc(C)n1. The Labute approximate surface area is 126 Å². The van der Waals surface area contributed by atoms with E-state index in [0.29, 0.717) is 0 Å². The minimum Gasteiger partial charge on any atom is -0.356 e. The standard InChI is InChI=1S/C14H27N5S/c1-11-19-12(10-20-11)6-7-16-13(15-5)17-8-9-18-14(2,3)4/h10,18H,6-9H2,1-5H3,(H2,15,16,17). The summed E-state index contributed by atoms with van der Waals surface area (Å²) in [4.78, 5) is 8.65. The molecule has 20 heavy (non-hydrogen) atoms. The molecule has 0 saturated carbocycles. The number of guanidine groups is 1. The first kappa shape index (κ1) is 16.9. The molecule has 0 saturated heterocycles. The van der Waals surface area contributed by atoms with Crippen LogP contribution in [-0.4, -0.2) is 43.2 Å². The van der Waals surface area contributed by atoms with Gasteiger partial charge >= 0.3 is 0 Å². The maximum absolute atomic E-state index is 4.44. The Balaban J connectivity index is 2.17. The van der Waals surface area contributed by atoms with Crippen LogP contribution in [0.3, 0.4) is 0 Å². The highest BCUT2D eigenvalue weighted by molar-refractivity contribution is 7.09. The highest BCUT2D eigenvalue weighted by Gasteiger charge is 2.07. The summed E-state index contributed by atoms with van der Waals surface area (Å²) >= 11 is 1.70. The summed E-state index contributed by atoms with van der Waals surface area (Å²) in [6.45, 7) is 11.1. The van der Waals surface area contributed by atoms with E-state index in [-0.39, 0.29) is 5.54 Å². The summed E-state index contributed by atoms with van der Waals surface area (Å²) in [6.07, 6.45) is 0.922. The molecule has 0 aromatic carbocycles. The lowest BCUT2D eigenvalue weighted by atomic mass is 10.1. The van der Waals surface area contributed by atoms with Gasteiger partial charge in [0.15, 0.2) is 5.96 Å². The molecule has 1 rings (SSSR count). The van der Waals surface area contributed by atoms with Gasteiger partial charge in [0.25, 0.3) is 0 Å². The van der Waals surface area contributed by atoms with Gasteiger partial charge < -0.3 is 16.0 Å². The Morgan fingerprint density at radius 3 is 2.50 bits per heavy atom. The van der Waals surface area contributed by atoms with E-state index in [1.165, 1.54) is 0 Å². The monoisotopic (exact) mass is 297 g/mol. The number of aromatic nitrogens is 1. The molecule has 0 aliphatic rings. The van der Waals surface area contributed by atoms with Gasteiger partial charge in [0.05, 0.1) is 10.7 Å². The molecular formula is C14H27N5S. The predicted octanol–water partition coefficient (Wildman–Crippen LogP) is 1.55. The fourth-order valence-electron chi connectivity index (χ4n) is 1.67. The highest BCUT2D eigenvalue weighted by atomic mass is 32.1. The lowest BCUT2D eigenvalue weighted by Gasteiger charge is -2.21. The van der Waals surface area contributed by atoms with Crippen molar-refractivity contribution in [2.24, 2.45) is 4.99 Å². The first-order valence-corrected chi connectivity index (χ1v) is 7.89. The lowest BCUT2D eigenvalue weighted by molar-refractivity contribution is 0.428. The van der Waals surface area contributed by atoms with Gasteiger partial charge in [-0.05, 0) is 27.7 Å². The highest BCUT2D eigenvalue weighted by Crippen LogP contribution is 2.07. The Bertz CT molecular complexity index is 419. The van der Waals surface area contributed by atoms with E-state index in [0.717, 1.165) is 42.7 Å². The van der Waals surface area contributed by atoms with Crippen molar-refractivity contribution < 1.29 is 0 Å². The number of rotatable bonds is 6. The minimum absolute atomic E-state index is 0.154. The summed E-state index contributed by atoms with van der Waals surface area (Å²) < 4.78 is 0. The second-order valence-electron chi connectivity index (χ2n) is 5.71. The molecule has 114 valence electrons. The molecule has 0 atom stereocenters. The predicted molar refractivity (Wildman–Crippen MR) is 87.7 cm³/mol. The van der Waals surface area contributed by atoms with E-state index in [2.05, 4.69) is 52.1 Å². The van der Waals surface area contributed by atoms with Crippen LogP contribution in [0.25, 0.3) is 0 Å². The van der Waals surface area contributed by atoms with E-state index in [1.54, 1.807) is 18.4 Å². The summed E-state index contributed by atoms with van der Waals surface area (Å²) in [5.41, 5.74) is 1.30. The molecule has 1 heterocycles. The zero-order valence-electron chi connectivity index (χ0n) is 13.2. The average Bonchev–Trinajstić information content (AvgIpc) is 2.77. The third-order valence-electron chi connectivity index (χ3n) is 2.64. The van der Waals surface area contributed by atoms with Crippen molar-refractivity contribution in [1.29, 1.82) is 0 Å². The number of hydrogen-bond acceptors (Lipinski definition) is 4. The first-order valence-electron chi connectivity index (χ1n) is 7.01. The van der Waals surface area contributed by atoms with Crippen molar-refractivity contribution in [3.8, 4) is 0 Å². The number of hydrogen-bond donors (Lipinski definition) is 3. The molecule has 0 amide bonds. The van der Waals surface area contributed by atoms with Gasteiger partial charge in [0, 0.05) is 44.0 Å². The smallest absolute Gasteiger partial charge is 0.191 e. The average molecular weight is 297 g/mol. The summed E-state index contributed by atoms with van der Waals surface area (Å²) in [7, 11) is 1.79. The Morgan fingerprint density at radius 1 is 1.25 bits per heavy atom. The van der Waals surface area contributed by atoms with E-state index >= 15 is 0 Å². The summed E-state index contributed by atoms with van der Waals surface area (Å²) in [6, 6.07) is 0. The molecule has 0 unspecified atom stereocenters. The van der Waals surface area contributed by atoms with Crippen LogP contribution in [0.2, 0.25) is 0 Å². The molecule has 1 aromatic rings. The molecule has 0 radical (unpaired) electrons. The van der Waals surface area contributed by atoms with E-state index in [4.69, 9.17) is 0 Å². The van der Waals surface area contributed by atoms with Crippen molar-refractivity contribution in [3.05, 3.63) is 16.1 Å². The van der Waals surface area contributed by atoms with Gasteiger partial charge in [0.1, 0.15) is 0 Å². The molecule has 0 spiro atoms. The molecule has 0 fully saturated rings.